The van der Waals surface area contributed by atoms with E-state index in [2.05, 4.69) is 37.3 Å². The third-order valence-corrected chi connectivity index (χ3v) is 2.93. The molecule has 0 N–H and O–H groups in total. The Balaban J connectivity index is 2.32. The van der Waals surface area contributed by atoms with E-state index in [1.807, 2.05) is 24.3 Å². The van der Waals surface area contributed by atoms with Gasteiger partial charge in [0.25, 0.3) is 0 Å². The van der Waals surface area contributed by atoms with Crippen LogP contribution in [0.1, 0.15) is 22.1 Å². The first-order valence-electron chi connectivity index (χ1n) is 5.03. The molecule has 0 aromatic heterocycles. The summed E-state index contributed by atoms with van der Waals surface area (Å²) in [4.78, 5) is 0. The fourth-order valence-corrected chi connectivity index (χ4v) is 1.92. The summed E-state index contributed by atoms with van der Waals surface area (Å²) in [6.45, 7) is 2.08. The van der Waals surface area contributed by atoms with Crippen LogP contribution in [0.3, 0.4) is 0 Å². The van der Waals surface area contributed by atoms with Gasteiger partial charge in [-0.2, -0.15) is 0 Å². The average Bonchev–Trinajstić information content (AvgIpc) is 2.29. The molecule has 0 radical (unpaired) electrons. The lowest BCUT2D eigenvalue weighted by atomic mass is 10.0. The van der Waals surface area contributed by atoms with E-state index < -0.39 is 0 Å². The van der Waals surface area contributed by atoms with Gasteiger partial charge in [-0.05, 0) is 18.1 Å². The standard InChI is InChI=1S/C14H13Cl/c1-11-6-5-9-13(10-11)14(15)12-7-3-2-4-8-12/h2-10,14H,1H3/t14-/m1/s1. The van der Waals surface area contributed by atoms with Crippen molar-refractivity contribution in [2.75, 3.05) is 0 Å². The zero-order valence-electron chi connectivity index (χ0n) is 8.65. The fraction of sp³-hybridized carbons (Fsp3) is 0.143. The largest absolute Gasteiger partial charge is 0.113 e. The number of rotatable bonds is 2. The summed E-state index contributed by atoms with van der Waals surface area (Å²) < 4.78 is 0. The van der Waals surface area contributed by atoms with Crippen LogP contribution in [0.4, 0.5) is 0 Å². The molecule has 0 nitrogen and oxygen atoms in total. The Morgan fingerprint density at radius 1 is 0.867 bits per heavy atom. The zero-order valence-corrected chi connectivity index (χ0v) is 9.41. The quantitative estimate of drug-likeness (QED) is 0.656. The maximum atomic E-state index is 6.40. The van der Waals surface area contributed by atoms with Crippen LogP contribution in [0.5, 0.6) is 0 Å². The molecule has 76 valence electrons. The fourth-order valence-electron chi connectivity index (χ4n) is 1.64. The second-order valence-corrected chi connectivity index (χ2v) is 4.12. The van der Waals surface area contributed by atoms with Crippen molar-refractivity contribution in [3.05, 3.63) is 71.3 Å². The molecule has 0 saturated carbocycles. The van der Waals surface area contributed by atoms with E-state index in [4.69, 9.17) is 11.6 Å². The topological polar surface area (TPSA) is 0 Å². The Hall–Kier alpha value is -1.27. The molecular formula is C14H13Cl. The van der Waals surface area contributed by atoms with Crippen LogP contribution >= 0.6 is 11.6 Å². The monoisotopic (exact) mass is 216 g/mol. The molecule has 0 aliphatic carbocycles. The Labute approximate surface area is 95.5 Å². The van der Waals surface area contributed by atoms with Gasteiger partial charge in [-0.15, -0.1) is 11.6 Å². The lowest BCUT2D eigenvalue weighted by Gasteiger charge is -2.10. The number of hydrogen-bond donors (Lipinski definition) is 0. The van der Waals surface area contributed by atoms with Gasteiger partial charge in [0.1, 0.15) is 0 Å². The van der Waals surface area contributed by atoms with Gasteiger partial charge in [0.15, 0.2) is 0 Å². The highest BCUT2D eigenvalue weighted by Crippen LogP contribution is 2.28. The van der Waals surface area contributed by atoms with E-state index >= 15 is 0 Å². The van der Waals surface area contributed by atoms with Gasteiger partial charge in [-0.25, -0.2) is 0 Å². The molecule has 0 aliphatic rings. The summed E-state index contributed by atoms with van der Waals surface area (Å²) in [5.74, 6) is 0. The normalized spacial score (nSPS) is 12.4. The van der Waals surface area contributed by atoms with Gasteiger partial charge < -0.3 is 0 Å². The maximum Gasteiger partial charge on any atom is 0.0835 e. The molecule has 15 heavy (non-hydrogen) atoms. The minimum absolute atomic E-state index is 0.0499. The van der Waals surface area contributed by atoms with Crippen molar-refractivity contribution in [3.8, 4) is 0 Å². The van der Waals surface area contributed by atoms with Crippen molar-refractivity contribution in [1.82, 2.24) is 0 Å². The van der Waals surface area contributed by atoms with E-state index in [1.165, 1.54) is 5.56 Å². The molecule has 2 aromatic rings. The van der Waals surface area contributed by atoms with Crippen LogP contribution in [0.25, 0.3) is 0 Å². The summed E-state index contributed by atoms with van der Waals surface area (Å²) in [5.41, 5.74) is 3.54. The van der Waals surface area contributed by atoms with Crippen molar-refractivity contribution in [2.24, 2.45) is 0 Å². The third-order valence-electron chi connectivity index (χ3n) is 2.43. The SMILES string of the molecule is Cc1cccc([C@H](Cl)c2ccccc2)c1. The highest BCUT2D eigenvalue weighted by atomic mass is 35.5. The van der Waals surface area contributed by atoms with Crippen LogP contribution < -0.4 is 0 Å². The predicted molar refractivity (Wildman–Crippen MR) is 65.3 cm³/mol. The van der Waals surface area contributed by atoms with Crippen molar-refractivity contribution in [2.45, 2.75) is 12.3 Å². The molecule has 1 heteroatoms. The lowest BCUT2D eigenvalue weighted by Crippen LogP contribution is -1.92. The van der Waals surface area contributed by atoms with Gasteiger partial charge in [0.05, 0.1) is 5.38 Å². The molecule has 0 bridgehead atoms. The predicted octanol–water partition coefficient (Wildman–Crippen LogP) is 4.32. The van der Waals surface area contributed by atoms with Crippen LogP contribution in [0.15, 0.2) is 54.6 Å². The van der Waals surface area contributed by atoms with Crippen LogP contribution in [0, 0.1) is 6.92 Å². The Bertz CT molecular complexity index is 434. The lowest BCUT2D eigenvalue weighted by molar-refractivity contribution is 1.13. The van der Waals surface area contributed by atoms with Gasteiger partial charge in [0.2, 0.25) is 0 Å². The number of benzene rings is 2. The van der Waals surface area contributed by atoms with Crippen molar-refractivity contribution in [1.29, 1.82) is 0 Å². The molecule has 0 unspecified atom stereocenters. The van der Waals surface area contributed by atoms with Gasteiger partial charge >= 0.3 is 0 Å². The van der Waals surface area contributed by atoms with E-state index in [9.17, 15) is 0 Å². The number of hydrogen-bond acceptors (Lipinski definition) is 0. The van der Waals surface area contributed by atoms with E-state index in [-0.39, 0.29) is 5.38 Å². The van der Waals surface area contributed by atoms with Gasteiger partial charge in [-0.3, -0.25) is 0 Å². The van der Waals surface area contributed by atoms with Crippen molar-refractivity contribution >= 4 is 11.6 Å². The molecule has 0 aliphatic heterocycles. The first kappa shape index (κ1) is 10.3. The summed E-state index contributed by atoms with van der Waals surface area (Å²) in [6.07, 6.45) is 0. The third kappa shape index (κ3) is 2.40. The van der Waals surface area contributed by atoms with E-state index in [0.29, 0.717) is 0 Å². The van der Waals surface area contributed by atoms with Crippen molar-refractivity contribution < 1.29 is 0 Å². The highest BCUT2D eigenvalue weighted by Gasteiger charge is 2.09. The first-order valence-corrected chi connectivity index (χ1v) is 5.46. The second kappa shape index (κ2) is 4.50. The summed E-state index contributed by atoms with van der Waals surface area (Å²) in [6, 6.07) is 18.5. The van der Waals surface area contributed by atoms with Gasteiger partial charge in [-0.1, -0.05) is 60.2 Å². The number of aryl methyl sites for hydroxylation is 1. The van der Waals surface area contributed by atoms with E-state index in [1.54, 1.807) is 0 Å². The second-order valence-electron chi connectivity index (χ2n) is 3.69. The molecule has 1 atom stereocenters. The minimum Gasteiger partial charge on any atom is -0.113 e. The van der Waals surface area contributed by atoms with Crippen LogP contribution in [-0.4, -0.2) is 0 Å². The van der Waals surface area contributed by atoms with Crippen molar-refractivity contribution in [3.63, 3.8) is 0 Å². The molecule has 0 heterocycles. The first-order chi connectivity index (χ1) is 7.27. The maximum absolute atomic E-state index is 6.40. The summed E-state index contributed by atoms with van der Waals surface area (Å²) in [5, 5.41) is -0.0499. The highest BCUT2D eigenvalue weighted by molar-refractivity contribution is 6.22. The summed E-state index contributed by atoms with van der Waals surface area (Å²) >= 11 is 6.40. The molecule has 0 saturated heterocycles. The minimum atomic E-state index is -0.0499. The number of halogens is 1. The molecule has 0 fully saturated rings. The molecule has 0 spiro atoms. The summed E-state index contributed by atoms with van der Waals surface area (Å²) in [7, 11) is 0. The Morgan fingerprint density at radius 3 is 2.20 bits per heavy atom. The molecular weight excluding hydrogens is 204 g/mol. The average molecular weight is 217 g/mol. The van der Waals surface area contributed by atoms with Crippen LogP contribution in [0.2, 0.25) is 0 Å². The molecule has 2 rings (SSSR count). The zero-order chi connectivity index (χ0) is 10.7. The number of alkyl halides is 1. The van der Waals surface area contributed by atoms with Gasteiger partial charge in [0, 0.05) is 0 Å². The molecule has 0 amide bonds. The van der Waals surface area contributed by atoms with E-state index in [0.717, 1.165) is 11.1 Å². The Morgan fingerprint density at radius 2 is 1.53 bits per heavy atom. The smallest absolute Gasteiger partial charge is 0.0835 e. The van der Waals surface area contributed by atoms with Crippen LogP contribution in [-0.2, 0) is 0 Å². The molecule has 2 aromatic carbocycles. The Kier molecular flexibility index (Phi) is 3.08.